The van der Waals surface area contributed by atoms with Crippen molar-refractivity contribution in [3.63, 3.8) is 0 Å². The first kappa shape index (κ1) is 14.3. The van der Waals surface area contributed by atoms with Gasteiger partial charge >= 0.3 is 0 Å². The Morgan fingerprint density at radius 2 is 2.05 bits per heavy atom. The molecule has 1 aliphatic rings. The van der Waals surface area contributed by atoms with Gasteiger partial charge < -0.3 is 10.1 Å². The van der Waals surface area contributed by atoms with Crippen LogP contribution in [0.4, 0.5) is 0 Å². The summed E-state index contributed by atoms with van der Waals surface area (Å²) in [6.45, 7) is 8.43. The van der Waals surface area contributed by atoms with Crippen LogP contribution < -0.4 is 10.1 Å². The maximum atomic E-state index is 5.97. The van der Waals surface area contributed by atoms with Crippen molar-refractivity contribution >= 4 is 0 Å². The van der Waals surface area contributed by atoms with Crippen molar-refractivity contribution < 1.29 is 4.74 Å². The fraction of sp³-hybridized carbons (Fsp3) is 0.733. The minimum atomic E-state index is 0.303. The normalized spacial score (nSPS) is 19.3. The van der Waals surface area contributed by atoms with Gasteiger partial charge in [-0.15, -0.1) is 0 Å². The minimum absolute atomic E-state index is 0.303. The second-order valence-corrected chi connectivity index (χ2v) is 6.11. The van der Waals surface area contributed by atoms with E-state index >= 15 is 0 Å². The Bertz CT molecular complexity index is 396. The highest BCUT2D eigenvalue weighted by atomic mass is 16.5. The van der Waals surface area contributed by atoms with Gasteiger partial charge in [-0.25, -0.2) is 4.98 Å². The summed E-state index contributed by atoms with van der Waals surface area (Å²) >= 11 is 0. The first-order chi connectivity index (χ1) is 9.09. The molecule has 1 saturated carbocycles. The van der Waals surface area contributed by atoms with E-state index in [-0.39, 0.29) is 0 Å². The third kappa shape index (κ3) is 4.46. The van der Waals surface area contributed by atoms with Gasteiger partial charge in [-0.1, -0.05) is 20.8 Å². The first-order valence-corrected chi connectivity index (χ1v) is 7.27. The van der Waals surface area contributed by atoms with E-state index in [4.69, 9.17) is 4.74 Å². The topological polar surface area (TPSA) is 47.0 Å². The Balaban J connectivity index is 1.89. The molecular formula is C15H25N3O. The molecule has 1 fully saturated rings. The van der Waals surface area contributed by atoms with Gasteiger partial charge in [0.15, 0.2) is 0 Å². The SMILES string of the molecule is CCNCc1cncc(OC2CCC(C)(C)CC2)n1. The van der Waals surface area contributed by atoms with Gasteiger partial charge in [-0.05, 0) is 37.6 Å². The maximum Gasteiger partial charge on any atom is 0.232 e. The van der Waals surface area contributed by atoms with E-state index in [0.29, 0.717) is 17.4 Å². The fourth-order valence-corrected chi connectivity index (χ4v) is 2.44. The Hall–Kier alpha value is -1.16. The van der Waals surface area contributed by atoms with Crippen molar-refractivity contribution in [1.29, 1.82) is 0 Å². The average molecular weight is 263 g/mol. The molecule has 0 saturated heterocycles. The molecule has 1 aromatic heterocycles. The number of hydrogen-bond donors (Lipinski definition) is 1. The number of nitrogens with zero attached hydrogens (tertiary/aromatic N) is 2. The molecule has 0 bridgehead atoms. The van der Waals surface area contributed by atoms with E-state index in [0.717, 1.165) is 31.6 Å². The van der Waals surface area contributed by atoms with E-state index in [1.54, 1.807) is 12.4 Å². The summed E-state index contributed by atoms with van der Waals surface area (Å²) in [5, 5.41) is 3.25. The van der Waals surface area contributed by atoms with Crippen LogP contribution in [0.3, 0.4) is 0 Å². The highest BCUT2D eigenvalue weighted by molar-refractivity contribution is 5.09. The van der Waals surface area contributed by atoms with Gasteiger partial charge in [0.1, 0.15) is 6.10 Å². The van der Waals surface area contributed by atoms with E-state index in [1.165, 1.54) is 12.8 Å². The van der Waals surface area contributed by atoms with Crippen molar-refractivity contribution in [2.24, 2.45) is 5.41 Å². The average Bonchev–Trinajstić information content (AvgIpc) is 2.39. The van der Waals surface area contributed by atoms with Crippen LogP contribution >= 0.6 is 0 Å². The number of ether oxygens (including phenoxy) is 1. The van der Waals surface area contributed by atoms with Crippen molar-refractivity contribution in [3.05, 3.63) is 18.1 Å². The standard InChI is InChI=1S/C15H25N3O/c1-4-16-9-12-10-17-11-14(18-12)19-13-5-7-15(2,3)8-6-13/h10-11,13,16H,4-9H2,1-3H3. The molecule has 0 spiro atoms. The highest BCUT2D eigenvalue weighted by Gasteiger charge is 2.28. The lowest BCUT2D eigenvalue weighted by Gasteiger charge is -2.34. The second kappa shape index (κ2) is 6.33. The van der Waals surface area contributed by atoms with Gasteiger partial charge in [-0.3, -0.25) is 4.98 Å². The van der Waals surface area contributed by atoms with Gasteiger partial charge in [0.05, 0.1) is 11.9 Å². The van der Waals surface area contributed by atoms with Crippen LogP contribution in [0.2, 0.25) is 0 Å². The van der Waals surface area contributed by atoms with Crippen LogP contribution in [-0.2, 0) is 6.54 Å². The van der Waals surface area contributed by atoms with Crippen molar-refractivity contribution in [2.75, 3.05) is 6.54 Å². The molecule has 0 aromatic carbocycles. The van der Waals surface area contributed by atoms with E-state index < -0.39 is 0 Å². The largest absolute Gasteiger partial charge is 0.473 e. The molecule has 1 aliphatic carbocycles. The zero-order valence-corrected chi connectivity index (χ0v) is 12.3. The minimum Gasteiger partial charge on any atom is -0.473 e. The third-order valence-corrected chi connectivity index (χ3v) is 3.79. The monoisotopic (exact) mass is 263 g/mol. The smallest absolute Gasteiger partial charge is 0.232 e. The van der Waals surface area contributed by atoms with Gasteiger partial charge in [0.2, 0.25) is 5.88 Å². The molecule has 0 atom stereocenters. The maximum absolute atomic E-state index is 5.97. The quantitative estimate of drug-likeness (QED) is 0.887. The zero-order valence-electron chi connectivity index (χ0n) is 12.3. The van der Waals surface area contributed by atoms with Crippen LogP contribution in [0.1, 0.15) is 52.1 Å². The Labute approximate surface area is 116 Å². The molecule has 1 heterocycles. The fourth-order valence-electron chi connectivity index (χ4n) is 2.44. The molecule has 19 heavy (non-hydrogen) atoms. The van der Waals surface area contributed by atoms with E-state index in [9.17, 15) is 0 Å². The molecule has 1 N–H and O–H groups in total. The van der Waals surface area contributed by atoms with Crippen molar-refractivity contribution in [1.82, 2.24) is 15.3 Å². The van der Waals surface area contributed by atoms with Gasteiger partial charge in [0, 0.05) is 12.7 Å². The lowest BCUT2D eigenvalue weighted by molar-refractivity contribution is 0.0943. The van der Waals surface area contributed by atoms with Crippen LogP contribution in [0.25, 0.3) is 0 Å². The number of rotatable bonds is 5. The zero-order chi connectivity index (χ0) is 13.7. The highest BCUT2D eigenvalue weighted by Crippen LogP contribution is 2.36. The van der Waals surface area contributed by atoms with Crippen LogP contribution in [0.15, 0.2) is 12.4 Å². The molecule has 0 amide bonds. The molecule has 106 valence electrons. The molecule has 2 rings (SSSR count). The predicted octanol–water partition coefficient (Wildman–Crippen LogP) is 2.93. The summed E-state index contributed by atoms with van der Waals surface area (Å²) in [6.07, 6.45) is 8.49. The van der Waals surface area contributed by atoms with Crippen molar-refractivity contribution in [3.8, 4) is 5.88 Å². The lowest BCUT2D eigenvalue weighted by atomic mass is 9.76. The summed E-state index contributed by atoms with van der Waals surface area (Å²) in [6, 6.07) is 0. The first-order valence-electron chi connectivity index (χ1n) is 7.27. The summed E-state index contributed by atoms with van der Waals surface area (Å²) in [5.74, 6) is 0.667. The predicted molar refractivity (Wildman–Crippen MR) is 76.1 cm³/mol. The lowest BCUT2D eigenvalue weighted by Crippen LogP contribution is -2.28. The van der Waals surface area contributed by atoms with Crippen LogP contribution in [-0.4, -0.2) is 22.6 Å². The van der Waals surface area contributed by atoms with Crippen LogP contribution in [0, 0.1) is 5.41 Å². The summed E-state index contributed by atoms with van der Waals surface area (Å²) < 4.78 is 5.97. The second-order valence-electron chi connectivity index (χ2n) is 6.11. The summed E-state index contributed by atoms with van der Waals surface area (Å²) in [5.41, 5.74) is 1.41. The molecular weight excluding hydrogens is 238 g/mol. The summed E-state index contributed by atoms with van der Waals surface area (Å²) in [7, 11) is 0. The third-order valence-electron chi connectivity index (χ3n) is 3.79. The van der Waals surface area contributed by atoms with Crippen LogP contribution in [0.5, 0.6) is 5.88 Å². The van der Waals surface area contributed by atoms with E-state index in [2.05, 4.69) is 36.1 Å². The number of aromatic nitrogens is 2. The molecule has 0 radical (unpaired) electrons. The number of hydrogen-bond acceptors (Lipinski definition) is 4. The van der Waals surface area contributed by atoms with Gasteiger partial charge in [-0.2, -0.15) is 0 Å². The Kier molecular flexibility index (Phi) is 4.75. The molecule has 4 nitrogen and oxygen atoms in total. The molecule has 1 aromatic rings. The van der Waals surface area contributed by atoms with Gasteiger partial charge in [0.25, 0.3) is 0 Å². The Morgan fingerprint density at radius 1 is 1.32 bits per heavy atom. The summed E-state index contributed by atoms with van der Waals surface area (Å²) in [4.78, 5) is 8.70. The number of nitrogens with one attached hydrogen (secondary N) is 1. The van der Waals surface area contributed by atoms with Crippen molar-refractivity contribution in [2.45, 2.75) is 59.1 Å². The molecule has 0 unspecified atom stereocenters. The molecule has 4 heteroatoms. The molecule has 0 aliphatic heterocycles. The Morgan fingerprint density at radius 3 is 2.74 bits per heavy atom. The van der Waals surface area contributed by atoms with E-state index in [1.807, 2.05) is 0 Å².